The second kappa shape index (κ2) is 4.77. The highest BCUT2D eigenvalue weighted by Crippen LogP contribution is 2.54. The molecule has 0 amide bonds. The maximum Gasteiger partial charge on any atom is 0.339 e. The third-order valence-electron chi connectivity index (χ3n) is 5.06. The van der Waals surface area contributed by atoms with E-state index in [1.54, 1.807) is 13.0 Å². The smallest absolute Gasteiger partial charge is 0.339 e. The zero-order valence-corrected chi connectivity index (χ0v) is 13.4. The number of aryl methyl sites for hydroxylation is 1. The molecule has 0 fully saturated rings. The number of hydrogen-bond acceptors (Lipinski definition) is 3. The summed E-state index contributed by atoms with van der Waals surface area (Å²) in [4.78, 5) is 11.5. The van der Waals surface area contributed by atoms with Gasteiger partial charge in [-0.15, -0.1) is 0 Å². The average Bonchev–Trinajstić information content (AvgIpc) is 2.35. The van der Waals surface area contributed by atoms with Crippen molar-refractivity contribution in [3.05, 3.63) is 34.4 Å². The van der Waals surface area contributed by atoms with Crippen LogP contribution in [-0.4, -0.2) is 21.8 Å². The molecule has 1 heterocycles. The van der Waals surface area contributed by atoms with Gasteiger partial charge in [0.05, 0.1) is 0 Å². The predicted octanol–water partition coefficient (Wildman–Crippen LogP) is 4.01. The normalized spacial score (nSPS) is 25.5. The quantitative estimate of drug-likeness (QED) is 0.769. The molecule has 0 saturated heterocycles. The Labute approximate surface area is 130 Å². The van der Waals surface area contributed by atoms with Gasteiger partial charge >= 0.3 is 5.97 Å². The van der Waals surface area contributed by atoms with E-state index < -0.39 is 5.97 Å². The number of benzene rings is 1. The molecule has 1 unspecified atom stereocenters. The number of carboxylic acid groups (broad SMARTS) is 1. The Morgan fingerprint density at radius 3 is 2.68 bits per heavy atom. The first kappa shape index (κ1) is 14.9. The largest absolute Gasteiger partial charge is 0.507 e. The van der Waals surface area contributed by atoms with Gasteiger partial charge in [-0.25, -0.2) is 4.79 Å². The van der Waals surface area contributed by atoms with Crippen molar-refractivity contribution in [2.45, 2.75) is 52.1 Å². The molecule has 2 atom stereocenters. The summed E-state index contributed by atoms with van der Waals surface area (Å²) >= 11 is 0. The van der Waals surface area contributed by atoms with Crippen LogP contribution in [0.1, 0.15) is 61.0 Å². The number of hydrogen-bond donors (Lipinski definition) is 2. The van der Waals surface area contributed by atoms with Crippen LogP contribution >= 0.6 is 0 Å². The summed E-state index contributed by atoms with van der Waals surface area (Å²) < 4.78 is 6.14. The topological polar surface area (TPSA) is 66.8 Å². The van der Waals surface area contributed by atoms with Gasteiger partial charge in [0.2, 0.25) is 0 Å². The van der Waals surface area contributed by atoms with Crippen molar-refractivity contribution in [3.63, 3.8) is 0 Å². The number of ether oxygens (including phenoxy) is 1. The van der Waals surface area contributed by atoms with E-state index in [-0.39, 0.29) is 28.7 Å². The van der Waals surface area contributed by atoms with Crippen molar-refractivity contribution in [1.29, 1.82) is 0 Å². The van der Waals surface area contributed by atoms with E-state index in [9.17, 15) is 15.0 Å². The van der Waals surface area contributed by atoms with Crippen molar-refractivity contribution in [2.75, 3.05) is 0 Å². The van der Waals surface area contributed by atoms with Crippen LogP contribution in [0.5, 0.6) is 11.5 Å². The Bertz CT molecular complexity index is 685. The standard InChI is InChI=1S/C18H22O4/c1-9-5-6-12-11(7-9)15-13(22-18(12,3)4)8-10(2)14(16(15)19)17(20)21/h7-8,11-12,19H,5-6H2,1-4H3,(H,20,21)/t11?,12-/m1/s1. The molecule has 2 N–H and O–H groups in total. The Balaban J connectivity index is 2.28. The highest BCUT2D eigenvalue weighted by Gasteiger charge is 2.46. The van der Waals surface area contributed by atoms with Gasteiger partial charge in [0.15, 0.2) is 0 Å². The van der Waals surface area contributed by atoms with Crippen LogP contribution in [-0.2, 0) is 0 Å². The molecule has 4 heteroatoms. The second-order valence-corrected chi connectivity index (χ2v) is 7.02. The lowest BCUT2D eigenvalue weighted by molar-refractivity contribution is 0.0107. The lowest BCUT2D eigenvalue weighted by Crippen LogP contribution is -2.45. The maximum absolute atomic E-state index is 11.5. The maximum atomic E-state index is 11.5. The summed E-state index contributed by atoms with van der Waals surface area (Å²) in [6, 6.07) is 1.74. The number of aromatic carboxylic acids is 1. The summed E-state index contributed by atoms with van der Waals surface area (Å²) in [6.45, 7) is 7.91. The van der Waals surface area contributed by atoms with Crippen molar-refractivity contribution < 1.29 is 19.7 Å². The van der Waals surface area contributed by atoms with E-state index in [1.165, 1.54) is 5.57 Å². The predicted molar refractivity (Wildman–Crippen MR) is 83.7 cm³/mol. The Morgan fingerprint density at radius 1 is 1.36 bits per heavy atom. The number of allylic oxidation sites excluding steroid dienone is 2. The molecule has 0 saturated carbocycles. The van der Waals surface area contributed by atoms with Gasteiger partial charge in [0, 0.05) is 17.4 Å². The number of fused-ring (bicyclic) bond motifs is 3. The zero-order chi connectivity index (χ0) is 16.2. The van der Waals surface area contributed by atoms with Crippen LogP contribution in [0.2, 0.25) is 0 Å². The molecule has 118 valence electrons. The fourth-order valence-corrected chi connectivity index (χ4v) is 3.95. The first-order valence-electron chi connectivity index (χ1n) is 7.68. The van der Waals surface area contributed by atoms with E-state index in [1.807, 2.05) is 0 Å². The Hall–Kier alpha value is -1.97. The van der Waals surface area contributed by atoms with E-state index in [0.29, 0.717) is 16.9 Å². The van der Waals surface area contributed by atoms with Gasteiger partial charge in [-0.05, 0) is 52.2 Å². The first-order chi connectivity index (χ1) is 10.2. The SMILES string of the molecule is CC1=CC2c3c(cc(C)c(C(=O)O)c3O)OC(C)(C)[C@@H]2CC1. The fourth-order valence-electron chi connectivity index (χ4n) is 3.95. The number of rotatable bonds is 1. The third kappa shape index (κ3) is 2.09. The van der Waals surface area contributed by atoms with Crippen LogP contribution in [0.3, 0.4) is 0 Å². The van der Waals surface area contributed by atoms with Crippen molar-refractivity contribution in [1.82, 2.24) is 0 Å². The van der Waals surface area contributed by atoms with Gasteiger partial charge in [-0.1, -0.05) is 11.6 Å². The highest BCUT2D eigenvalue weighted by molar-refractivity contribution is 5.93. The van der Waals surface area contributed by atoms with Crippen LogP contribution in [0.4, 0.5) is 0 Å². The number of phenols is 1. The number of carboxylic acids is 1. The molecule has 0 aromatic heterocycles. The minimum Gasteiger partial charge on any atom is -0.507 e. The van der Waals surface area contributed by atoms with E-state index in [2.05, 4.69) is 26.8 Å². The summed E-state index contributed by atoms with van der Waals surface area (Å²) in [7, 11) is 0. The summed E-state index contributed by atoms with van der Waals surface area (Å²) in [5.41, 5.74) is 2.08. The van der Waals surface area contributed by atoms with Crippen molar-refractivity contribution >= 4 is 5.97 Å². The summed E-state index contributed by atoms with van der Waals surface area (Å²) in [5.74, 6) is -0.392. The fraction of sp³-hybridized carbons (Fsp3) is 0.500. The lowest BCUT2D eigenvalue weighted by atomic mass is 9.67. The monoisotopic (exact) mass is 302 g/mol. The van der Waals surface area contributed by atoms with Gasteiger partial charge in [-0.3, -0.25) is 0 Å². The lowest BCUT2D eigenvalue weighted by Gasteiger charge is -2.46. The molecule has 4 nitrogen and oxygen atoms in total. The van der Waals surface area contributed by atoms with E-state index in [4.69, 9.17) is 4.74 Å². The van der Waals surface area contributed by atoms with Crippen LogP contribution in [0, 0.1) is 12.8 Å². The van der Waals surface area contributed by atoms with Gasteiger partial charge in [0.1, 0.15) is 22.7 Å². The van der Waals surface area contributed by atoms with Crippen molar-refractivity contribution in [3.8, 4) is 11.5 Å². The molecule has 0 radical (unpaired) electrons. The van der Waals surface area contributed by atoms with E-state index >= 15 is 0 Å². The molecule has 0 spiro atoms. The molecule has 0 bridgehead atoms. The minimum absolute atomic E-state index is 0.00574. The van der Waals surface area contributed by atoms with Gasteiger partial charge < -0.3 is 14.9 Å². The molecule has 1 aromatic rings. The molecule has 2 aliphatic rings. The number of aromatic hydroxyl groups is 1. The van der Waals surface area contributed by atoms with Crippen LogP contribution in [0.15, 0.2) is 17.7 Å². The Morgan fingerprint density at radius 2 is 2.05 bits per heavy atom. The number of carbonyl (C=O) groups is 1. The molecule has 22 heavy (non-hydrogen) atoms. The molecule has 1 aromatic carbocycles. The summed E-state index contributed by atoms with van der Waals surface area (Å²) in [6.07, 6.45) is 4.16. The molecule has 1 aliphatic carbocycles. The van der Waals surface area contributed by atoms with Crippen LogP contribution < -0.4 is 4.74 Å². The molecular weight excluding hydrogens is 280 g/mol. The molecule has 1 aliphatic heterocycles. The zero-order valence-electron chi connectivity index (χ0n) is 13.4. The van der Waals surface area contributed by atoms with E-state index in [0.717, 1.165) is 12.8 Å². The second-order valence-electron chi connectivity index (χ2n) is 7.02. The average molecular weight is 302 g/mol. The summed E-state index contributed by atoms with van der Waals surface area (Å²) in [5, 5.41) is 20.0. The molecule has 3 rings (SSSR count). The highest BCUT2D eigenvalue weighted by atomic mass is 16.5. The first-order valence-corrected chi connectivity index (χ1v) is 7.68. The minimum atomic E-state index is -1.10. The third-order valence-corrected chi connectivity index (χ3v) is 5.06. The van der Waals surface area contributed by atoms with Gasteiger partial charge in [0.25, 0.3) is 0 Å². The van der Waals surface area contributed by atoms with Gasteiger partial charge in [-0.2, -0.15) is 0 Å². The molecular formula is C18H22O4. The Kier molecular flexibility index (Phi) is 3.24. The van der Waals surface area contributed by atoms with Crippen LogP contribution in [0.25, 0.3) is 0 Å². The van der Waals surface area contributed by atoms with Crippen molar-refractivity contribution in [2.24, 2.45) is 5.92 Å².